The number of aromatic nitrogens is 1. The van der Waals surface area contributed by atoms with Crippen molar-refractivity contribution in [3.05, 3.63) is 59.4 Å². The van der Waals surface area contributed by atoms with E-state index in [1.807, 2.05) is 43.0 Å². The zero-order valence-corrected chi connectivity index (χ0v) is 18.2. The van der Waals surface area contributed by atoms with Gasteiger partial charge < -0.3 is 14.9 Å². The maximum absolute atomic E-state index is 12.7. The minimum atomic E-state index is -0.261. The van der Waals surface area contributed by atoms with Gasteiger partial charge in [-0.3, -0.25) is 9.78 Å². The van der Waals surface area contributed by atoms with Crippen molar-refractivity contribution in [1.29, 1.82) is 0 Å². The second kappa shape index (κ2) is 8.76. The molecule has 1 aromatic heterocycles. The molecule has 1 saturated carbocycles. The van der Waals surface area contributed by atoms with Crippen LogP contribution in [0.25, 0.3) is 0 Å². The summed E-state index contributed by atoms with van der Waals surface area (Å²) in [4.78, 5) is 21.9. The molecule has 1 aliphatic carbocycles. The minimum absolute atomic E-state index is 0.0319. The van der Waals surface area contributed by atoms with Crippen LogP contribution in [0.3, 0.4) is 0 Å². The third kappa shape index (κ3) is 4.22. The van der Waals surface area contributed by atoms with Crippen molar-refractivity contribution in [2.24, 2.45) is 5.92 Å². The van der Waals surface area contributed by atoms with Gasteiger partial charge >= 0.3 is 0 Å². The van der Waals surface area contributed by atoms with Gasteiger partial charge in [-0.2, -0.15) is 0 Å². The molecule has 1 N–H and O–H groups in total. The number of benzene rings is 1. The Morgan fingerprint density at radius 2 is 2.03 bits per heavy atom. The number of amides is 1. The predicted molar refractivity (Wildman–Crippen MR) is 119 cm³/mol. The molecular weight excluding hydrogens is 374 g/mol. The molecule has 0 spiro atoms. The van der Waals surface area contributed by atoms with E-state index in [1.54, 1.807) is 12.3 Å². The second-order valence-electron chi connectivity index (χ2n) is 8.82. The maximum atomic E-state index is 12.7. The van der Waals surface area contributed by atoms with E-state index in [0.717, 1.165) is 49.7 Å². The molecule has 1 amide bonds. The number of nitrogens with zero attached hydrogens (tertiary/aromatic N) is 3. The normalized spacial score (nSPS) is 22.1. The van der Waals surface area contributed by atoms with Crippen molar-refractivity contribution in [2.45, 2.75) is 44.9 Å². The summed E-state index contributed by atoms with van der Waals surface area (Å²) in [5.41, 5.74) is 2.48. The summed E-state index contributed by atoms with van der Waals surface area (Å²) >= 11 is 0. The number of likely N-dealkylation sites (tertiary alicyclic amines) is 1. The van der Waals surface area contributed by atoms with Crippen LogP contribution >= 0.6 is 0 Å². The molecule has 30 heavy (non-hydrogen) atoms. The highest BCUT2D eigenvalue weighted by Crippen LogP contribution is 2.42. The zero-order valence-electron chi connectivity index (χ0n) is 18.2. The monoisotopic (exact) mass is 407 g/mol. The SMILES string of the molecule is CCN(CC)C(=O)c1ccc(C2(c3cccc(O)c3)CCCN(CC3CC3)C2)nc1. The van der Waals surface area contributed by atoms with E-state index in [1.165, 1.54) is 12.8 Å². The third-order valence-corrected chi connectivity index (χ3v) is 6.73. The highest BCUT2D eigenvalue weighted by atomic mass is 16.3. The van der Waals surface area contributed by atoms with Crippen molar-refractivity contribution in [3.63, 3.8) is 0 Å². The van der Waals surface area contributed by atoms with Gasteiger partial charge in [0.1, 0.15) is 5.75 Å². The maximum Gasteiger partial charge on any atom is 0.255 e. The molecule has 1 saturated heterocycles. The molecule has 1 atom stereocenters. The van der Waals surface area contributed by atoms with Gasteiger partial charge in [0.15, 0.2) is 0 Å². The molecule has 2 fully saturated rings. The molecule has 5 nitrogen and oxygen atoms in total. The van der Waals surface area contributed by atoms with Crippen LogP contribution in [0, 0.1) is 5.92 Å². The lowest BCUT2D eigenvalue weighted by atomic mass is 9.71. The molecule has 2 heterocycles. The second-order valence-corrected chi connectivity index (χ2v) is 8.82. The van der Waals surface area contributed by atoms with Crippen LogP contribution in [0.5, 0.6) is 5.75 Å². The molecule has 0 radical (unpaired) electrons. The Labute approximate surface area is 179 Å². The number of phenols is 1. The highest BCUT2D eigenvalue weighted by molar-refractivity contribution is 5.93. The van der Waals surface area contributed by atoms with Crippen LogP contribution in [0.4, 0.5) is 0 Å². The van der Waals surface area contributed by atoms with E-state index in [0.29, 0.717) is 24.4 Å². The molecule has 160 valence electrons. The minimum Gasteiger partial charge on any atom is -0.508 e. The quantitative estimate of drug-likeness (QED) is 0.752. The Hall–Kier alpha value is -2.40. The Morgan fingerprint density at radius 1 is 1.23 bits per heavy atom. The Kier molecular flexibility index (Phi) is 6.09. The number of carbonyl (C=O) groups excluding carboxylic acids is 1. The van der Waals surface area contributed by atoms with Crippen molar-refractivity contribution in [1.82, 2.24) is 14.8 Å². The summed E-state index contributed by atoms with van der Waals surface area (Å²) in [6, 6.07) is 11.6. The highest BCUT2D eigenvalue weighted by Gasteiger charge is 2.41. The summed E-state index contributed by atoms with van der Waals surface area (Å²) in [5.74, 6) is 1.16. The van der Waals surface area contributed by atoms with E-state index >= 15 is 0 Å². The van der Waals surface area contributed by atoms with Gasteiger partial charge in [0, 0.05) is 32.4 Å². The average molecular weight is 408 g/mol. The zero-order chi connectivity index (χ0) is 21.1. The van der Waals surface area contributed by atoms with Crippen LogP contribution in [0.15, 0.2) is 42.6 Å². The summed E-state index contributed by atoms with van der Waals surface area (Å²) in [6.07, 6.45) is 6.52. The molecule has 4 rings (SSSR count). The topological polar surface area (TPSA) is 56.7 Å². The molecule has 0 bridgehead atoms. The molecule has 2 aliphatic rings. The fourth-order valence-corrected chi connectivity index (χ4v) is 4.86. The first-order valence-corrected chi connectivity index (χ1v) is 11.3. The first kappa shape index (κ1) is 20.9. The van der Waals surface area contributed by atoms with Crippen LogP contribution in [0.2, 0.25) is 0 Å². The number of hydrogen-bond acceptors (Lipinski definition) is 4. The lowest BCUT2D eigenvalue weighted by Gasteiger charge is -2.43. The van der Waals surface area contributed by atoms with Gasteiger partial charge in [0.2, 0.25) is 0 Å². The first-order chi connectivity index (χ1) is 14.6. The van der Waals surface area contributed by atoms with Crippen molar-refractivity contribution < 1.29 is 9.90 Å². The molecule has 2 aromatic rings. The molecule has 1 aliphatic heterocycles. The van der Waals surface area contributed by atoms with Crippen molar-refractivity contribution >= 4 is 5.91 Å². The van der Waals surface area contributed by atoms with Gasteiger partial charge in [-0.1, -0.05) is 12.1 Å². The van der Waals surface area contributed by atoms with E-state index in [2.05, 4.69) is 11.0 Å². The molecular formula is C25H33N3O2. The number of pyridine rings is 1. The summed E-state index contributed by atoms with van der Waals surface area (Å²) in [5, 5.41) is 10.2. The number of rotatable bonds is 7. The summed E-state index contributed by atoms with van der Waals surface area (Å²) in [6.45, 7) is 8.56. The van der Waals surface area contributed by atoms with Crippen LogP contribution in [-0.4, -0.2) is 58.5 Å². The Balaban J connectivity index is 1.68. The van der Waals surface area contributed by atoms with E-state index in [4.69, 9.17) is 4.98 Å². The van der Waals surface area contributed by atoms with Gasteiger partial charge in [-0.25, -0.2) is 0 Å². The lowest BCUT2D eigenvalue weighted by molar-refractivity contribution is 0.0772. The molecule has 1 unspecified atom stereocenters. The van der Waals surface area contributed by atoms with Crippen molar-refractivity contribution in [3.8, 4) is 5.75 Å². The van der Waals surface area contributed by atoms with E-state index < -0.39 is 0 Å². The lowest BCUT2D eigenvalue weighted by Crippen LogP contribution is -2.48. The average Bonchev–Trinajstić information content (AvgIpc) is 3.59. The van der Waals surface area contributed by atoms with E-state index in [-0.39, 0.29) is 11.3 Å². The van der Waals surface area contributed by atoms with Gasteiger partial charge in [0.05, 0.1) is 16.7 Å². The molecule has 5 heteroatoms. The van der Waals surface area contributed by atoms with E-state index in [9.17, 15) is 9.90 Å². The number of phenolic OH excluding ortho intramolecular Hbond substituents is 1. The number of hydrogen-bond donors (Lipinski definition) is 1. The van der Waals surface area contributed by atoms with Gasteiger partial charge in [-0.15, -0.1) is 0 Å². The first-order valence-electron chi connectivity index (χ1n) is 11.3. The van der Waals surface area contributed by atoms with Crippen molar-refractivity contribution in [2.75, 3.05) is 32.7 Å². The number of carbonyl (C=O) groups is 1. The largest absolute Gasteiger partial charge is 0.508 e. The predicted octanol–water partition coefficient (Wildman–Crippen LogP) is 4.06. The van der Waals surface area contributed by atoms with Crippen LogP contribution in [0.1, 0.15) is 61.1 Å². The fraction of sp³-hybridized carbons (Fsp3) is 0.520. The Morgan fingerprint density at radius 3 is 2.67 bits per heavy atom. The number of piperidine rings is 1. The number of aromatic hydroxyl groups is 1. The van der Waals surface area contributed by atoms with Gasteiger partial charge in [0.25, 0.3) is 5.91 Å². The van der Waals surface area contributed by atoms with Gasteiger partial charge in [-0.05, 0) is 81.8 Å². The molecule has 1 aromatic carbocycles. The summed E-state index contributed by atoms with van der Waals surface area (Å²) < 4.78 is 0. The van der Waals surface area contributed by atoms with Crippen LogP contribution < -0.4 is 0 Å². The summed E-state index contributed by atoms with van der Waals surface area (Å²) in [7, 11) is 0. The fourth-order valence-electron chi connectivity index (χ4n) is 4.86. The Bertz CT molecular complexity index is 874. The van der Waals surface area contributed by atoms with Crippen LogP contribution in [-0.2, 0) is 5.41 Å². The smallest absolute Gasteiger partial charge is 0.255 e. The third-order valence-electron chi connectivity index (χ3n) is 6.73. The standard InChI is InChI=1S/C25H33N3O2/c1-3-28(4-2)24(30)20-11-12-23(26-16-20)25(21-7-5-8-22(29)15-21)13-6-14-27(18-25)17-19-9-10-19/h5,7-8,11-12,15-16,19,29H,3-4,6,9-10,13-14,17-18H2,1-2H3.